The first-order chi connectivity index (χ1) is 12.0. The monoisotopic (exact) mass is 394 g/mol. The fourth-order valence-electron chi connectivity index (χ4n) is 2.41. The highest BCUT2D eigenvalue weighted by atomic mass is 32.2. The molecule has 2 aromatic rings. The van der Waals surface area contributed by atoms with Gasteiger partial charge in [-0.1, -0.05) is 39.0 Å². The molecule has 0 unspecified atom stereocenters. The summed E-state index contributed by atoms with van der Waals surface area (Å²) >= 11 is 1.19. The Kier molecular flexibility index (Phi) is 6.13. The van der Waals surface area contributed by atoms with E-state index >= 15 is 0 Å². The number of carbonyl (C=O) groups is 1. The molecule has 0 saturated heterocycles. The van der Waals surface area contributed by atoms with Gasteiger partial charge in [0.1, 0.15) is 9.46 Å². The fraction of sp³-hybridized carbons (Fsp3) is 0.421. The quantitative estimate of drug-likeness (QED) is 0.814. The second kappa shape index (κ2) is 7.80. The molecule has 26 heavy (non-hydrogen) atoms. The van der Waals surface area contributed by atoms with Crippen LogP contribution in [0.5, 0.6) is 0 Å². The van der Waals surface area contributed by atoms with E-state index in [9.17, 15) is 13.2 Å². The molecular formula is C19H26N2O3S2. The molecule has 1 aromatic heterocycles. The normalized spacial score (nSPS) is 13.3. The minimum Gasteiger partial charge on any atom is -0.378 e. The Morgan fingerprint density at radius 1 is 1.15 bits per heavy atom. The first-order valence-electron chi connectivity index (χ1n) is 8.36. The number of nitrogens with zero attached hydrogens (tertiary/aromatic N) is 1. The third kappa shape index (κ3) is 4.65. The lowest BCUT2D eigenvalue weighted by molar-refractivity contribution is -0.128. The van der Waals surface area contributed by atoms with E-state index in [2.05, 4.69) is 5.32 Å². The van der Waals surface area contributed by atoms with Gasteiger partial charge in [-0.05, 0) is 29.1 Å². The SMILES string of the molecule is CN(C)c1ccc([C@H](CNC(=O)C(C)(C)C)S(=O)(=O)c2cccs2)cc1. The molecule has 1 atom stereocenters. The van der Waals surface area contributed by atoms with Gasteiger partial charge in [0.2, 0.25) is 5.91 Å². The fourth-order valence-corrected chi connectivity index (χ4v) is 5.28. The van der Waals surface area contributed by atoms with Gasteiger partial charge in [-0.25, -0.2) is 8.42 Å². The van der Waals surface area contributed by atoms with Crippen LogP contribution in [0.1, 0.15) is 31.6 Å². The maximum Gasteiger partial charge on any atom is 0.225 e. The van der Waals surface area contributed by atoms with Gasteiger partial charge in [0.05, 0.1) is 0 Å². The van der Waals surface area contributed by atoms with Crippen LogP contribution in [0.25, 0.3) is 0 Å². The lowest BCUT2D eigenvalue weighted by Crippen LogP contribution is -2.38. The average molecular weight is 395 g/mol. The number of thiophene rings is 1. The molecule has 1 heterocycles. The molecule has 5 nitrogen and oxygen atoms in total. The lowest BCUT2D eigenvalue weighted by atomic mass is 9.95. The third-order valence-corrected chi connectivity index (χ3v) is 7.59. The zero-order valence-electron chi connectivity index (χ0n) is 15.8. The number of benzene rings is 1. The van der Waals surface area contributed by atoms with Gasteiger partial charge >= 0.3 is 0 Å². The Balaban J connectivity index is 2.37. The van der Waals surface area contributed by atoms with Crippen LogP contribution < -0.4 is 10.2 Å². The van der Waals surface area contributed by atoms with E-state index in [4.69, 9.17) is 0 Å². The third-order valence-electron chi connectivity index (χ3n) is 4.06. The molecule has 1 N–H and O–H groups in total. The van der Waals surface area contributed by atoms with E-state index in [1.807, 2.05) is 43.3 Å². The van der Waals surface area contributed by atoms with Crippen molar-refractivity contribution in [1.82, 2.24) is 5.32 Å². The molecule has 0 fully saturated rings. The highest BCUT2D eigenvalue weighted by Crippen LogP contribution is 2.32. The summed E-state index contributed by atoms with van der Waals surface area (Å²) in [6.07, 6.45) is 0. The van der Waals surface area contributed by atoms with Crippen molar-refractivity contribution in [3.8, 4) is 0 Å². The van der Waals surface area contributed by atoms with Crippen molar-refractivity contribution < 1.29 is 13.2 Å². The van der Waals surface area contributed by atoms with Crippen LogP contribution >= 0.6 is 11.3 Å². The standard InChI is InChI=1S/C19H26N2O3S2/c1-19(2,3)18(22)20-13-16(26(23,24)17-7-6-12-25-17)14-8-10-15(11-9-14)21(4)5/h6-12,16H,13H2,1-5H3,(H,20,22)/t16-/m0/s1. The summed E-state index contributed by atoms with van der Waals surface area (Å²) in [7, 11) is 0.263. The molecule has 142 valence electrons. The Labute approximate surface area is 160 Å². The summed E-state index contributed by atoms with van der Waals surface area (Å²) in [6, 6.07) is 10.7. The summed E-state index contributed by atoms with van der Waals surface area (Å²) < 4.78 is 26.6. The Morgan fingerprint density at radius 3 is 2.23 bits per heavy atom. The zero-order chi connectivity index (χ0) is 19.5. The van der Waals surface area contributed by atoms with E-state index in [-0.39, 0.29) is 12.5 Å². The number of amides is 1. The van der Waals surface area contributed by atoms with Crippen LogP contribution in [0.4, 0.5) is 5.69 Å². The van der Waals surface area contributed by atoms with E-state index in [1.54, 1.807) is 38.3 Å². The highest BCUT2D eigenvalue weighted by molar-refractivity contribution is 7.93. The summed E-state index contributed by atoms with van der Waals surface area (Å²) in [5.74, 6) is -0.172. The molecule has 0 spiro atoms. The van der Waals surface area contributed by atoms with Crippen LogP contribution in [0.2, 0.25) is 0 Å². The maximum atomic E-state index is 13.1. The summed E-state index contributed by atoms with van der Waals surface area (Å²) in [6.45, 7) is 5.45. The second-order valence-corrected chi connectivity index (χ2v) is 10.7. The molecule has 0 radical (unpaired) electrons. The van der Waals surface area contributed by atoms with Crippen molar-refractivity contribution in [1.29, 1.82) is 0 Å². The van der Waals surface area contributed by atoms with Crippen LogP contribution in [0.3, 0.4) is 0 Å². The van der Waals surface area contributed by atoms with Crippen molar-refractivity contribution >= 4 is 32.8 Å². The first kappa shape index (κ1) is 20.5. The minimum absolute atomic E-state index is 0.0393. The molecule has 0 saturated carbocycles. The van der Waals surface area contributed by atoms with Gasteiger partial charge < -0.3 is 10.2 Å². The van der Waals surface area contributed by atoms with E-state index in [0.717, 1.165) is 5.69 Å². The van der Waals surface area contributed by atoms with Crippen LogP contribution in [-0.2, 0) is 14.6 Å². The number of sulfone groups is 1. The smallest absolute Gasteiger partial charge is 0.225 e. The van der Waals surface area contributed by atoms with Gasteiger partial charge in [-0.3, -0.25) is 4.79 Å². The van der Waals surface area contributed by atoms with Crippen LogP contribution in [0.15, 0.2) is 46.0 Å². The van der Waals surface area contributed by atoms with Crippen LogP contribution in [-0.4, -0.2) is 35.0 Å². The summed E-state index contributed by atoms with van der Waals surface area (Å²) in [5.41, 5.74) is 1.07. The van der Waals surface area contributed by atoms with Gasteiger partial charge in [-0.2, -0.15) is 0 Å². The van der Waals surface area contributed by atoms with E-state index in [0.29, 0.717) is 9.77 Å². The molecule has 1 amide bonds. The van der Waals surface area contributed by atoms with E-state index < -0.39 is 20.5 Å². The van der Waals surface area contributed by atoms with Gasteiger partial charge in [-0.15, -0.1) is 11.3 Å². The maximum absolute atomic E-state index is 13.1. The predicted octanol–water partition coefficient (Wildman–Crippen LogP) is 3.49. The number of hydrogen-bond acceptors (Lipinski definition) is 5. The Bertz CT molecular complexity index is 834. The van der Waals surface area contributed by atoms with Crippen molar-refractivity contribution in [2.45, 2.75) is 30.2 Å². The second-order valence-electron chi connectivity index (χ2n) is 7.41. The molecule has 7 heteroatoms. The molecule has 0 aliphatic heterocycles. The van der Waals surface area contributed by atoms with Gasteiger partial charge in [0.25, 0.3) is 0 Å². The van der Waals surface area contributed by atoms with E-state index in [1.165, 1.54) is 11.3 Å². The van der Waals surface area contributed by atoms with Gasteiger partial charge in [0, 0.05) is 31.7 Å². The zero-order valence-corrected chi connectivity index (χ0v) is 17.4. The largest absolute Gasteiger partial charge is 0.378 e. The Hall–Kier alpha value is -1.86. The highest BCUT2D eigenvalue weighted by Gasteiger charge is 2.32. The first-order valence-corrected chi connectivity index (χ1v) is 10.8. The van der Waals surface area contributed by atoms with Crippen molar-refractivity contribution in [3.63, 3.8) is 0 Å². The Morgan fingerprint density at radius 2 is 1.77 bits per heavy atom. The topological polar surface area (TPSA) is 66.5 Å². The molecule has 0 aliphatic rings. The molecule has 2 rings (SSSR count). The van der Waals surface area contributed by atoms with Crippen LogP contribution in [0, 0.1) is 5.41 Å². The molecular weight excluding hydrogens is 368 g/mol. The average Bonchev–Trinajstić information content (AvgIpc) is 3.09. The van der Waals surface area contributed by atoms with Gasteiger partial charge in [0.15, 0.2) is 9.84 Å². The van der Waals surface area contributed by atoms with Crippen molar-refractivity contribution in [2.24, 2.45) is 5.41 Å². The molecule has 0 aliphatic carbocycles. The lowest BCUT2D eigenvalue weighted by Gasteiger charge is -2.23. The number of hydrogen-bond donors (Lipinski definition) is 1. The number of nitrogens with one attached hydrogen (secondary N) is 1. The number of anilines is 1. The summed E-state index contributed by atoms with van der Waals surface area (Å²) in [5, 5.41) is 3.72. The summed E-state index contributed by atoms with van der Waals surface area (Å²) in [4.78, 5) is 14.2. The van der Waals surface area contributed by atoms with Crippen molar-refractivity contribution in [2.75, 3.05) is 25.5 Å². The number of carbonyl (C=O) groups excluding carboxylic acids is 1. The molecule has 0 bridgehead atoms. The minimum atomic E-state index is -3.59. The molecule has 1 aromatic carbocycles. The predicted molar refractivity (Wildman–Crippen MR) is 107 cm³/mol. The number of rotatable bonds is 6. The van der Waals surface area contributed by atoms with Crippen molar-refractivity contribution in [3.05, 3.63) is 47.3 Å².